The van der Waals surface area contributed by atoms with E-state index in [4.69, 9.17) is 0 Å². The summed E-state index contributed by atoms with van der Waals surface area (Å²) < 4.78 is 65.3. The molecule has 0 bridgehead atoms. The predicted octanol–water partition coefficient (Wildman–Crippen LogP) is 3.17. The Morgan fingerprint density at radius 2 is 1.69 bits per heavy atom. The number of nitrogens with zero attached hydrogens (tertiary/aromatic N) is 4. The molecular formula is C24H30F3N5O3S. The first-order chi connectivity index (χ1) is 17.1. The largest absolute Gasteiger partial charge is 0.433 e. The number of nitrogens with one attached hydrogen (secondary N) is 1. The number of likely N-dealkylation sites (tertiary alicyclic amines) is 1. The van der Waals surface area contributed by atoms with Crippen molar-refractivity contribution in [3.05, 3.63) is 59.9 Å². The lowest BCUT2D eigenvalue weighted by atomic mass is 10.0. The molecule has 0 saturated carbocycles. The van der Waals surface area contributed by atoms with E-state index in [1.54, 1.807) is 23.1 Å². The van der Waals surface area contributed by atoms with Crippen LogP contribution in [0.25, 0.3) is 0 Å². The van der Waals surface area contributed by atoms with Gasteiger partial charge in [0.25, 0.3) is 10.0 Å². The number of pyridine rings is 1. The van der Waals surface area contributed by atoms with Gasteiger partial charge in [-0.15, -0.1) is 0 Å². The van der Waals surface area contributed by atoms with Crippen molar-refractivity contribution in [1.29, 1.82) is 0 Å². The summed E-state index contributed by atoms with van der Waals surface area (Å²) in [6.07, 6.45) is -0.556. The fourth-order valence-electron chi connectivity index (χ4n) is 4.73. The monoisotopic (exact) mass is 525 g/mol. The molecule has 0 radical (unpaired) electrons. The molecule has 4 rings (SSSR count). The molecule has 2 aromatic rings. The minimum Gasteiger partial charge on any atom is -0.323 e. The predicted molar refractivity (Wildman–Crippen MR) is 127 cm³/mol. The van der Waals surface area contributed by atoms with Gasteiger partial charge < -0.3 is 4.90 Å². The van der Waals surface area contributed by atoms with E-state index in [-0.39, 0.29) is 4.90 Å². The molecule has 3 heterocycles. The van der Waals surface area contributed by atoms with Crippen LogP contribution in [0.5, 0.6) is 0 Å². The Balaban J connectivity index is 1.24. The van der Waals surface area contributed by atoms with Crippen LogP contribution in [0.2, 0.25) is 0 Å². The Bertz CT molecular complexity index is 1120. The highest BCUT2D eigenvalue weighted by Crippen LogP contribution is 2.27. The summed E-state index contributed by atoms with van der Waals surface area (Å²) in [4.78, 5) is 22.4. The second kappa shape index (κ2) is 11.1. The molecule has 8 nitrogen and oxygen atoms in total. The van der Waals surface area contributed by atoms with Gasteiger partial charge in [-0.05, 0) is 56.1 Å². The Morgan fingerprint density at radius 3 is 2.33 bits per heavy atom. The second-order valence-corrected chi connectivity index (χ2v) is 10.8. The summed E-state index contributed by atoms with van der Waals surface area (Å²) in [5, 5.41) is 0. The Labute approximate surface area is 209 Å². The number of carbonyl (C=O) groups excluding carboxylic acids is 1. The van der Waals surface area contributed by atoms with Crippen molar-refractivity contribution in [1.82, 2.24) is 24.4 Å². The highest BCUT2D eigenvalue weighted by molar-refractivity contribution is 7.90. The summed E-state index contributed by atoms with van der Waals surface area (Å²) in [6.45, 7) is 4.60. The Hall–Kier alpha value is -2.70. The highest BCUT2D eigenvalue weighted by Gasteiger charge is 2.32. The number of alkyl halides is 3. The SMILES string of the molecule is O=C(NS(=O)(=O)c1ccccc1)N1CCCN(C2CCN(Cc3ccc(C(F)(F)F)nc3)CC2)CC1. The van der Waals surface area contributed by atoms with Crippen molar-refractivity contribution < 1.29 is 26.4 Å². The molecule has 0 atom stereocenters. The topological polar surface area (TPSA) is 85.8 Å². The third kappa shape index (κ3) is 6.74. The van der Waals surface area contributed by atoms with Crippen LogP contribution in [0.4, 0.5) is 18.0 Å². The number of sulfonamides is 1. The van der Waals surface area contributed by atoms with Gasteiger partial charge in [-0.3, -0.25) is 14.8 Å². The lowest BCUT2D eigenvalue weighted by molar-refractivity contribution is -0.141. The van der Waals surface area contributed by atoms with Crippen LogP contribution < -0.4 is 4.72 Å². The normalized spacial score (nSPS) is 19.1. The van der Waals surface area contributed by atoms with E-state index in [0.29, 0.717) is 32.2 Å². The maximum Gasteiger partial charge on any atom is 0.433 e. The molecule has 36 heavy (non-hydrogen) atoms. The third-order valence-corrected chi connectivity index (χ3v) is 8.02. The fraction of sp³-hybridized carbons (Fsp3) is 0.500. The summed E-state index contributed by atoms with van der Waals surface area (Å²) in [5.74, 6) is 0. The average molecular weight is 526 g/mol. The number of carbonyl (C=O) groups is 1. The van der Waals surface area contributed by atoms with Crippen molar-refractivity contribution >= 4 is 16.1 Å². The first kappa shape index (κ1) is 26.4. The van der Waals surface area contributed by atoms with Crippen LogP contribution in [0.3, 0.4) is 0 Å². The first-order valence-electron chi connectivity index (χ1n) is 12.0. The molecule has 2 amide bonds. The van der Waals surface area contributed by atoms with Crippen LogP contribution in [0.1, 0.15) is 30.5 Å². The van der Waals surface area contributed by atoms with E-state index < -0.39 is 27.9 Å². The van der Waals surface area contributed by atoms with Gasteiger partial charge in [0.05, 0.1) is 4.90 Å². The minimum absolute atomic E-state index is 0.0497. The van der Waals surface area contributed by atoms with Crippen LogP contribution >= 0.6 is 0 Å². The molecule has 1 N–H and O–H groups in total. The van der Waals surface area contributed by atoms with Crippen LogP contribution in [0.15, 0.2) is 53.6 Å². The zero-order valence-corrected chi connectivity index (χ0v) is 20.6. The maximum absolute atomic E-state index is 12.7. The van der Waals surface area contributed by atoms with Crippen LogP contribution in [-0.4, -0.2) is 79.4 Å². The van der Waals surface area contributed by atoms with E-state index in [9.17, 15) is 26.4 Å². The molecule has 12 heteroatoms. The van der Waals surface area contributed by atoms with Crippen LogP contribution in [-0.2, 0) is 22.7 Å². The van der Waals surface area contributed by atoms with Gasteiger partial charge in [0.15, 0.2) is 0 Å². The average Bonchev–Trinajstić information content (AvgIpc) is 3.11. The first-order valence-corrected chi connectivity index (χ1v) is 13.5. The van der Waals surface area contributed by atoms with Gasteiger partial charge in [0.1, 0.15) is 5.69 Å². The minimum atomic E-state index is -4.43. The number of urea groups is 1. The summed E-state index contributed by atoms with van der Waals surface area (Å²) in [5.41, 5.74) is -0.130. The lowest BCUT2D eigenvalue weighted by Gasteiger charge is -2.38. The number of hydrogen-bond donors (Lipinski definition) is 1. The van der Waals surface area contributed by atoms with E-state index in [1.807, 2.05) is 0 Å². The number of halogens is 3. The van der Waals surface area contributed by atoms with E-state index in [2.05, 4.69) is 19.5 Å². The number of hydrogen-bond acceptors (Lipinski definition) is 6. The van der Waals surface area contributed by atoms with E-state index in [0.717, 1.165) is 50.5 Å². The van der Waals surface area contributed by atoms with Crippen molar-refractivity contribution in [2.24, 2.45) is 0 Å². The smallest absolute Gasteiger partial charge is 0.323 e. The Kier molecular flexibility index (Phi) is 8.16. The van der Waals surface area contributed by atoms with Crippen molar-refractivity contribution in [2.45, 2.75) is 42.9 Å². The summed E-state index contributed by atoms with van der Waals surface area (Å²) in [7, 11) is -3.92. The second-order valence-electron chi connectivity index (χ2n) is 9.16. The highest BCUT2D eigenvalue weighted by atomic mass is 32.2. The van der Waals surface area contributed by atoms with Crippen molar-refractivity contribution in [3.63, 3.8) is 0 Å². The molecule has 2 aliphatic rings. The van der Waals surface area contributed by atoms with Gasteiger partial charge >= 0.3 is 12.2 Å². The summed E-state index contributed by atoms with van der Waals surface area (Å²) in [6, 6.07) is 10.0. The van der Waals surface area contributed by atoms with Gasteiger partial charge in [-0.25, -0.2) is 17.9 Å². The molecule has 1 aromatic carbocycles. The molecular weight excluding hydrogens is 495 g/mol. The van der Waals surface area contributed by atoms with E-state index >= 15 is 0 Å². The number of rotatable bonds is 5. The zero-order valence-electron chi connectivity index (χ0n) is 19.8. The number of piperidine rings is 1. The standard InChI is InChI=1S/C24H30F3N5O3S/c25-24(26,27)22-8-7-19(17-28-22)18-30-13-9-20(10-14-30)31-11-4-12-32(16-15-31)23(33)29-36(34,35)21-5-2-1-3-6-21/h1-3,5-8,17,20H,4,9-16,18H2,(H,29,33). The zero-order chi connectivity index (χ0) is 25.8. The molecule has 196 valence electrons. The van der Waals surface area contributed by atoms with Crippen molar-refractivity contribution in [3.8, 4) is 0 Å². The van der Waals surface area contributed by atoms with Crippen molar-refractivity contribution in [2.75, 3.05) is 39.3 Å². The number of aromatic nitrogens is 1. The van der Waals surface area contributed by atoms with Gasteiger partial charge in [-0.1, -0.05) is 24.3 Å². The molecule has 2 fully saturated rings. The molecule has 0 unspecified atom stereocenters. The number of benzene rings is 1. The lowest BCUT2D eigenvalue weighted by Crippen LogP contribution is -2.47. The molecule has 2 saturated heterocycles. The van der Waals surface area contributed by atoms with Gasteiger partial charge in [0.2, 0.25) is 0 Å². The van der Waals surface area contributed by atoms with E-state index in [1.165, 1.54) is 24.4 Å². The van der Waals surface area contributed by atoms with Gasteiger partial charge in [-0.2, -0.15) is 13.2 Å². The third-order valence-electron chi connectivity index (χ3n) is 6.69. The van der Waals surface area contributed by atoms with Gasteiger partial charge in [0, 0.05) is 45.0 Å². The Morgan fingerprint density at radius 1 is 0.972 bits per heavy atom. The maximum atomic E-state index is 12.7. The molecule has 2 aliphatic heterocycles. The fourth-order valence-corrected chi connectivity index (χ4v) is 5.72. The molecule has 1 aromatic heterocycles. The molecule has 0 spiro atoms. The number of amides is 2. The summed E-state index contributed by atoms with van der Waals surface area (Å²) >= 11 is 0. The molecule has 0 aliphatic carbocycles. The van der Waals surface area contributed by atoms with Crippen LogP contribution in [0, 0.1) is 0 Å². The quantitative estimate of drug-likeness (QED) is 0.646.